The minimum atomic E-state index is -4.54. The maximum atomic E-state index is 12.9. The lowest BCUT2D eigenvalue weighted by molar-refractivity contribution is -0.137. The Labute approximate surface area is 166 Å². The van der Waals surface area contributed by atoms with Gasteiger partial charge in [-0.3, -0.25) is 14.5 Å². The van der Waals surface area contributed by atoms with Gasteiger partial charge in [-0.05, 0) is 17.7 Å². The zero-order valence-electron chi connectivity index (χ0n) is 16.3. The second-order valence-corrected chi connectivity index (χ2v) is 7.72. The highest BCUT2D eigenvalue weighted by Crippen LogP contribution is 2.30. The fourth-order valence-electron chi connectivity index (χ4n) is 2.70. The van der Waals surface area contributed by atoms with Gasteiger partial charge >= 0.3 is 6.18 Å². The summed E-state index contributed by atoms with van der Waals surface area (Å²) in [6.45, 7) is 6.28. The van der Waals surface area contributed by atoms with Crippen LogP contribution in [0.1, 0.15) is 48.1 Å². The van der Waals surface area contributed by atoms with Crippen LogP contribution in [0.4, 0.5) is 18.9 Å². The molecule has 0 spiro atoms. The van der Waals surface area contributed by atoms with E-state index in [0.29, 0.717) is 18.4 Å². The van der Waals surface area contributed by atoms with E-state index >= 15 is 0 Å². The Balaban J connectivity index is 1.92. The van der Waals surface area contributed by atoms with E-state index in [1.54, 1.807) is 10.7 Å². The Bertz CT molecular complexity index is 1000. The number of halogens is 3. The van der Waals surface area contributed by atoms with Gasteiger partial charge in [0.15, 0.2) is 0 Å². The maximum Gasteiger partial charge on any atom is 0.417 e. The molecule has 1 N–H and O–H groups in total. The van der Waals surface area contributed by atoms with Crippen LogP contribution in [0.2, 0.25) is 0 Å². The van der Waals surface area contributed by atoms with Crippen LogP contribution in [0.15, 0.2) is 54.9 Å². The number of nitrogens with one attached hydrogen (secondary N) is 1. The third-order valence-electron chi connectivity index (χ3n) is 4.28. The second-order valence-electron chi connectivity index (χ2n) is 7.72. The van der Waals surface area contributed by atoms with Crippen molar-refractivity contribution in [3.63, 3.8) is 0 Å². The van der Waals surface area contributed by atoms with Gasteiger partial charge in [0.1, 0.15) is 5.69 Å². The smallest absolute Gasteiger partial charge is 0.319 e. The number of anilines is 1. The summed E-state index contributed by atoms with van der Waals surface area (Å²) < 4.78 is 40.3. The lowest BCUT2D eigenvalue weighted by atomic mass is 9.92. The monoisotopic (exact) mass is 402 g/mol. The Morgan fingerprint density at radius 2 is 1.76 bits per heavy atom. The molecule has 0 atom stereocenters. The number of hydrogen-bond acceptors (Lipinski definition) is 3. The molecule has 1 aromatic carbocycles. The Hall–Kier alpha value is -3.16. The lowest BCUT2D eigenvalue weighted by Crippen LogP contribution is -2.19. The van der Waals surface area contributed by atoms with Gasteiger partial charge in [0.25, 0.3) is 5.91 Å². The van der Waals surface area contributed by atoms with Gasteiger partial charge in [-0.2, -0.15) is 18.3 Å². The van der Waals surface area contributed by atoms with Gasteiger partial charge in [0.2, 0.25) is 0 Å². The zero-order chi connectivity index (χ0) is 21.2. The molecular weight excluding hydrogens is 381 g/mol. The Kier molecular flexibility index (Phi) is 5.46. The van der Waals surface area contributed by atoms with Gasteiger partial charge in [-0.1, -0.05) is 51.1 Å². The van der Waals surface area contributed by atoms with Crippen LogP contribution in [-0.2, 0) is 18.1 Å². The minimum absolute atomic E-state index is 0.0328. The molecule has 152 valence electrons. The molecule has 0 aliphatic carbocycles. The topological polar surface area (TPSA) is 59.8 Å². The first-order chi connectivity index (χ1) is 13.5. The lowest BCUT2D eigenvalue weighted by Gasteiger charge is -2.14. The van der Waals surface area contributed by atoms with E-state index < -0.39 is 17.6 Å². The summed E-state index contributed by atoms with van der Waals surface area (Å²) in [5, 5.41) is 7.06. The molecule has 2 heterocycles. The van der Waals surface area contributed by atoms with Gasteiger partial charge in [0, 0.05) is 11.6 Å². The number of pyridine rings is 1. The third kappa shape index (κ3) is 5.01. The average molecular weight is 402 g/mol. The molecule has 0 fully saturated rings. The van der Waals surface area contributed by atoms with Crippen LogP contribution >= 0.6 is 0 Å². The van der Waals surface area contributed by atoms with Crippen LogP contribution < -0.4 is 5.32 Å². The number of carbonyl (C=O) groups is 1. The SMILES string of the molecule is CC(C)(C)c1cc(C(=O)Nc2cncc(C(F)(F)F)c2)n(Cc2ccccc2)n1. The Morgan fingerprint density at radius 3 is 2.38 bits per heavy atom. The first kappa shape index (κ1) is 20.6. The number of nitrogens with zero attached hydrogens (tertiary/aromatic N) is 3. The highest BCUT2D eigenvalue weighted by atomic mass is 19.4. The quantitative estimate of drug-likeness (QED) is 0.676. The number of benzene rings is 1. The number of hydrogen-bond donors (Lipinski definition) is 1. The largest absolute Gasteiger partial charge is 0.417 e. The van der Waals surface area contributed by atoms with Crippen LogP contribution in [0.25, 0.3) is 0 Å². The molecule has 8 heteroatoms. The number of carbonyl (C=O) groups excluding carboxylic acids is 1. The Morgan fingerprint density at radius 1 is 1.07 bits per heavy atom. The molecule has 1 amide bonds. The highest BCUT2D eigenvalue weighted by Gasteiger charge is 2.31. The molecule has 0 saturated heterocycles. The standard InChI is InChI=1S/C21H21F3N4O/c1-20(2,3)18-10-17(28(27-18)13-14-7-5-4-6-8-14)19(29)26-16-9-15(11-25-12-16)21(22,23)24/h4-12H,13H2,1-3H3,(H,26,29). The minimum Gasteiger partial charge on any atom is -0.319 e. The summed E-state index contributed by atoms with van der Waals surface area (Å²) in [4.78, 5) is 16.4. The predicted octanol–water partition coefficient (Wildman–Crippen LogP) is 4.90. The number of rotatable bonds is 4. The molecule has 0 unspecified atom stereocenters. The second kappa shape index (κ2) is 7.69. The van der Waals surface area contributed by atoms with Crippen LogP contribution in [0.3, 0.4) is 0 Å². The van der Waals surface area contributed by atoms with Crippen LogP contribution in [0, 0.1) is 0 Å². The summed E-state index contributed by atoms with van der Waals surface area (Å²) >= 11 is 0. The van der Waals surface area contributed by atoms with Gasteiger partial charge in [0.05, 0.1) is 29.7 Å². The molecular formula is C21H21F3N4O. The average Bonchev–Trinajstić information content (AvgIpc) is 3.06. The highest BCUT2D eigenvalue weighted by molar-refractivity contribution is 6.03. The normalized spacial score (nSPS) is 12.1. The van der Waals surface area contributed by atoms with Crippen LogP contribution in [-0.4, -0.2) is 20.7 Å². The van der Waals surface area contributed by atoms with Crippen molar-refractivity contribution in [2.24, 2.45) is 0 Å². The van der Waals surface area contributed by atoms with E-state index in [4.69, 9.17) is 0 Å². The first-order valence-corrected chi connectivity index (χ1v) is 9.00. The fraction of sp³-hybridized carbons (Fsp3) is 0.286. The van der Waals surface area contributed by atoms with Crippen molar-refractivity contribution in [1.82, 2.24) is 14.8 Å². The molecule has 0 saturated carbocycles. The number of alkyl halides is 3. The summed E-state index contributed by atoms with van der Waals surface area (Å²) in [6, 6.07) is 12.0. The first-order valence-electron chi connectivity index (χ1n) is 9.00. The summed E-state index contributed by atoms with van der Waals surface area (Å²) in [7, 11) is 0. The summed E-state index contributed by atoms with van der Waals surface area (Å²) in [5.74, 6) is -0.551. The molecule has 2 aromatic heterocycles. The molecule has 0 bridgehead atoms. The van der Waals surface area contributed by atoms with Gasteiger partial charge < -0.3 is 5.32 Å². The zero-order valence-corrected chi connectivity index (χ0v) is 16.3. The predicted molar refractivity (Wildman–Crippen MR) is 104 cm³/mol. The molecule has 3 aromatic rings. The van der Waals surface area contributed by atoms with Crippen molar-refractivity contribution < 1.29 is 18.0 Å². The maximum absolute atomic E-state index is 12.9. The van der Waals surface area contributed by atoms with Gasteiger partial charge in [-0.25, -0.2) is 0 Å². The summed E-state index contributed by atoms with van der Waals surface area (Å²) in [5.41, 5.74) is 0.662. The van der Waals surface area contributed by atoms with E-state index in [9.17, 15) is 18.0 Å². The van der Waals surface area contributed by atoms with Crippen molar-refractivity contribution in [3.05, 3.63) is 77.4 Å². The molecule has 0 aliphatic heterocycles. The van der Waals surface area contributed by atoms with E-state index in [1.165, 1.54) is 6.20 Å². The van der Waals surface area contributed by atoms with Crippen molar-refractivity contribution >= 4 is 11.6 Å². The molecule has 5 nitrogen and oxygen atoms in total. The van der Waals surface area contributed by atoms with Crippen LogP contribution in [0.5, 0.6) is 0 Å². The number of aromatic nitrogens is 3. The van der Waals surface area contributed by atoms with Crippen molar-refractivity contribution in [3.8, 4) is 0 Å². The van der Waals surface area contributed by atoms with E-state index in [-0.39, 0.29) is 16.8 Å². The molecule has 0 aliphatic rings. The molecule has 0 radical (unpaired) electrons. The third-order valence-corrected chi connectivity index (χ3v) is 4.28. The van der Waals surface area contributed by atoms with E-state index in [0.717, 1.165) is 11.6 Å². The fourth-order valence-corrected chi connectivity index (χ4v) is 2.70. The van der Waals surface area contributed by atoms with E-state index in [2.05, 4.69) is 15.4 Å². The molecule has 3 rings (SSSR count). The number of amides is 1. The van der Waals surface area contributed by atoms with Crippen molar-refractivity contribution in [2.75, 3.05) is 5.32 Å². The van der Waals surface area contributed by atoms with Crippen molar-refractivity contribution in [2.45, 2.75) is 38.9 Å². The summed E-state index contributed by atoms with van der Waals surface area (Å²) in [6.07, 6.45) is -2.65. The van der Waals surface area contributed by atoms with Crippen molar-refractivity contribution in [1.29, 1.82) is 0 Å². The molecule has 29 heavy (non-hydrogen) atoms. The van der Waals surface area contributed by atoms with Gasteiger partial charge in [-0.15, -0.1) is 0 Å². The van der Waals surface area contributed by atoms with E-state index in [1.807, 2.05) is 51.1 Å².